The lowest BCUT2D eigenvalue weighted by Crippen LogP contribution is -2.83. The molecule has 0 saturated carbocycles. The first-order valence-electron chi connectivity index (χ1n) is 18.3. The lowest BCUT2D eigenvalue weighted by molar-refractivity contribution is -0.573. The average Bonchev–Trinajstić information content (AvgIpc) is 3.05. The maximum absolute atomic E-state index is 14.8. The zero-order chi connectivity index (χ0) is 37.5. The number of ether oxygens (including phenoxy) is 10. The Bertz CT molecular complexity index is 810. The maximum Gasteiger partial charge on any atom is 0.342 e. The summed E-state index contributed by atoms with van der Waals surface area (Å²) in [6.45, 7) is 17.4. The molecule has 14 nitrogen and oxygen atoms in total. The number of carboxylic acids is 2. The molecular weight excluding hydrogens is 644 g/mol. The van der Waals surface area contributed by atoms with Crippen molar-refractivity contribution in [3.63, 3.8) is 0 Å². The van der Waals surface area contributed by atoms with E-state index in [1.165, 1.54) is 0 Å². The molecule has 0 aliphatic rings. The Hall–Kier alpha value is -1.46. The van der Waals surface area contributed by atoms with Gasteiger partial charge in [0.2, 0.25) is 0 Å². The number of carbonyl (C=O) groups is 2. The van der Waals surface area contributed by atoms with Crippen molar-refractivity contribution < 1.29 is 67.2 Å². The molecule has 0 aromatic heterocycles. The summed E-state index contributed by atoms with van der Waals surface area (Å²) in [7, 11) is 0. The van der Waals surface area contributed by atoms with Gasteiger partial charge in [0.15, 0.2) is 5.41 Å². The Morgan fingerprint density at radius 2 is 0.776 bits per heavy atom. The molecule has 2 N–H and O–H groups in total. The first-order chi connectivity index (χ1) is 23.5. The Labute approximate surface area is 294 Å². The third kappa shape index (κ3) is 10.8. The molecule has 0 aromatic carbocycles. The first-order valence-corrected chi connectivity index (χ1v) is 18.3. The van der Waals surface area contributed by atoms with Gasteiger partial charge in [-0.1, -0.05) is 33.1 Å². The standard InChI is InChI=1S/C35H68O14/c1-11-27-48-34(44-17-7,45-18-8)32(40-13-3,41-14-4)31(30(38)39,26-24-22-21-23-25-29(36)37)33(42-15-5,43-16-6)35(46-19-9,47-20-10)49-28-12-2/h11-28H2,1-10H3,(H,36,37)(H,38,39). The summed E-state index contributed by atoms with van der Waals surface area (Å²) in [4.78, 5) is 26.0. The third-order valence-electron chi connectivity index (χ3n) is 7.71. The molecule has 0 atom stereocenters. The molecule has 0 aliphatic carbocycles. The van der Waals surface area contributed by atoms with E-state index in [0.717, 1.165) is 0 Å². The van der Waals surface area contributed by atoms with Gasteiger partial charge in [-0.15, -0.1) is 0 Å². The van der Waals surface area contributed by atoms with Crippen molar-refractivity contribution in [2.45, 2.75) is 144 Å². The van der Waals surface area contributed by atoms with Gasteiger partial charge in [0, 0.05) is 59.3 Å². The number of carboxylic acid groups (broad SMARTS) is 2. The summed E-state index contributed by atoms with van der Waals surface area (Å²) in [6, 6.07) is 0. The van der Waals surface area contributed by atoms with Crippen molar-refractivity contribution in [2.24, 2.45) is 5.41 Å². The second kappa shape index (κ2) is 24.7. The fraction of sp³-hybridized carbons (Fsp3) is 0.943. The lowest BCUT2D eigenvalue weighted by atomic mass is 9.65. The van der Waals surface area contributed by atoms with Crippen molar-refractivity contribution in [1.29, 1.82) is 0 Å². The molecular formula is C35H68O14. The van der Waals surface area contributed by atoms with Crippen LogP contribution in [-0.4, -0.2) is 112 Å². The summed E-state index contributed by atoms with van der Waals surface area (Å²) in [5.74, 6) is -11.9. The fourth-order valence-corrected chi connectivity index (χ4v) is 6.27. The predicted molar refractivity (Wildman–Crippen MR) is 182 cm³/mol. The van der Waals surface area contributed by atoms with Gasteiger partial charge in [0.05, 0.1) is 13.2 Å². The molecule has 0 saturated heterocycles. The van der Waals surface area contributed by atoms with Crippen LogP contribution in [-0.2, 0) is 57.0 Å². The Kier molecular flexibility index (Phi) is 23.9. The molecule has 0 amide bonds. The van der Waals surface area contributed by atoms with Gasteiger partial charge in [-0.05, 0) is 81.1 Å². The van der Waals surface area contributed by atoms with Gasteiger partial charge < -0.3 is 57.6 Å². The number of unbranched alkanes of at least 4 members (excludes halogenated alkanes) is 3. The third-order valence-corrected chi connectivity index (χ3v) is 7.71. The normalized spacial score (nSPS) is 13.3. The van der Waals surface area contributed by atoms with Crippen molar-refractivity contribution >= 4 is 11.9 Å². The minimum Gasteiger partial charge on any atom is -0.481 e. The van der Waals surface area contributed by atoms with Crippen LogP contribution in [0.1, 0.15) is 121 Å². The molecule has 0 aliphatic heterocycles. The highest BCUT2D eigenvalue weighted by Crippen LogP contribution is 2.61. The van der Waals surface area contributed by atoms with Gasteiger partial charge >= 0.3 is 23.9 Å². The molecule has 0 fully saturated rings. The number of rotatable bonds is 34. The van der Waals surface area contributed by atoms with E-state index in [1.807, 2.05) is 13.8 Å². The second-order valence-electron chi connectivity index (χ2n) is 11.0. The van der Waals surface area contributed by atoms with Crippen LogP contribution in [0.2, 0.25) is 0 Å². The monoisotopic (exact) mass is 712 g/mol. The summed E-state index contributed by atoms with van der Waals surface area (Å²) in [5, 5.41) is 21.2. The second-order valence-corrected chi connectivity index (χ2v) is 11.0. The van der Waals surface area contributed by atoms with Crippen molar-refractivity contribution in [3.8, 4) is 0 Å². The molecule has 0 radical (unpaired) electrons. The number of hydrogen-bond donors (Lipinski definition) is 2. The van der Waals surface area contributed by atoms with Crippen molar-refractivity contribution in [3.05, 3.63) is 0 Å². The fourth-order valence-electron chi connectivity index (χ4n) is 6.27. The van der Waals surface area contributed by atoms with E-state index in [0.29, 0.717) is 32.1 Å². The number of aliphatic carboxylic acids is 2. The van der Waals surface area contributed by atoms with Crippen LogP contribution >= 0.6 is 0 Å². The predicted octanol–water partition coefficient (Wildman–Crippen LogP) is 6.33. The summed E-state index contributed by atoms with van der Waals surface area (Å²) < 4.78 is 65.0. The largest absolute Gasteiger partial charge is 0.481 e. The average molecular weight is 713 g/mol. The Balaban J connectivity index is 8.86. The minimum absolute atomic E-state index is 0.0149. The Morgan fingerprint density at radius 1 is 0.449 bits per heavy atom. The molecule has 0 heterocycles. The van der Waals surface area contributed by atoms with Crippen LogP contribution in [0.5, 0.6) is 0 Å². The molecule has 49 heavy (non-hydrogen) atoms. The van der Waals surface area contributed by atoms with E-state index >= 15 is 0 Å². The quantitative estimate of drug-likeness (QED) is 0.0561. The van der Waals surface area contributed by atoms with Gasteiger partial charge in [0.1, 0.15) is 0 Å². The van der Waals surface area contributed by atoms with E-state index in [-0.39, 0.29) is 85.3 Å². The van der Waals surface area contributed by atoms with E-state index in [9.17, 15) is 19.8 Å². The van der Waals surface area contributed by atoms with Crippen LogP contribution in [0.4, 0.5) is 0 Å². The zero-order valence-corrected chi connectivity index (χ0v) is 32.0. The SMILES string of the molecule is CCCOC(OCC)(OCC)C(OCC)(OCC)C(CCCCCCC(=O)O)(C(=O)O)C(OCC)(OCC)C(OCC)(OCC)OCCC. The molecule has 0 aromatic rings. The molecule has 0 bridgehead atoms. The van der Waals surface area contributed by atoms with Crippen LogP contribution in [0.3, 0.4) is 0 Å². The first kappa shape index (κ1) is 47.5. The van der Waals surface area contributed by atoms with E-state index in [1.54, 1.807) is 55.4 Å². The molecule has 0 spiro atoms. The van der Waals surface area contributed by atoms with Gasteiger partial charge in [-0.3, -0.25) is 9.59 Å². The zero-order valence-electron chi connectivity index (χ0n) is 32.0. The van der Waals surface area contributed by atoms with Crippen LogP contribution in [0.25, 0.3) is 0 Å². The number of hydrogen-bond acceptors (Lipinski definition) is 12. The summed E-state index contributed by atoms with van der Waals surface area (Å²) in [5.41, 5.74) is -2.50. The lowest BCUT2D eigenvalue weighted by Gasteiger charge is -2.62. The highest BCUT2D eigenvalue weighted by Gasteiger charge is 2.86. The van der Waals surface area contributed by atoms with Gasteiger partial charge in [0.25, 0.3) is 11.6 Å². The molecule has 0 rings (SSSR count). The van der Waals surface area contributed by atoms with Gasteiger partial charge in [-0.2, -0.15) is 0 Å². The summed E-state index contributed by atoms with van der Waals surface area (Å²) >= 11 is 0. The minimum atomic E-state index is -2.50. The topological polar surface area (TPSA) is 167 Å². The molecule has 14 heteroatoms. The highest BCUT2D eigenvalue weighted by molar-refractivity contribution is 5.78. The van der Waals surface area contributed by atoms with Gasteiger partial charge in [-0.25, -0.2) is 0 Å². The highest BCUT2D eigenvalue weighted by atomic mass is 16.9. The molecule has 0 unspecified atom stereocenters. The molecule has 292 valence electrons. The van der Waals surface area contributed by atoms with Crippen molar-refractivity contribution in [2.75, 3.05) is 66.1 Å². The summed E-state index contributed by atoms with van der Waals surface area (Å²) in [6.07, 6.45) is 2.36. The van der Waals surface area contributed by atoms with Crippen LogP contribution in [0.15, 0.2) is 0 Å². The van der Waals surface area contributed by atoms with Crippen molar-refractivity contribution in [1.82, 2.24) is 0 Å². The van der Waals surface area contributed by atoms with Crippen LogP contribution in [0, 0.1) is 5.41 Å². The van der Waals surface area contributed by atoms with E-state index in [2.05, 4.69) is 0 Å². The smallest absolute Gasteiger partial charge is 0.342 e. The Morgan fingerprint density at radius 3 is 1.04 bits per heavy atom. The van der Waals surface area contributed by atoms with E-state index in [4.69, 9.17) is 47.4 Å². The van der Waals surface area contributed by atoms with Crippen LogP contribution < -0.4 is 0 Å². The maximum atomic E-state index is 14.8. The van der Waals surface area contributed by atoms with E-state index < -0.39 is 40.9 Å².